The Bertz CT molecular complexity index is 644. The molecule has 1 amide bonds. The quantitative estimate of drug-likeness (QED) is 0.812. The molecule has 2 aliphatic heterocycles. The molecule has 3 rings (SSSR count). The van der Waals surface area contributed by atoms with Crippen molar-refractivity contribution in [2.75, 3.05) is 18.5 Å². The lowest BCUT2D eigenvalue weighted by atomic mass is 10.1. The summed E-state index contributed by atoms with van der Waals surface area (Å²) in [7, 11) is 1.66. The maximum absolute atomic E-state index is 12.2. The number of hydrogen-bond acceptors (Lipinski definition) is 4. The number of nitrogens with zero attached hydrogens (tertiary/aromatic N) is 2. The number of rotatable bonds is 1. The van der Waals surface area contributed by atoms with Crippen LogP contribution in [0.1, 0.15) is 11.7 Å². The molecule has 2 aliphatic rings. The second-order valence-electron chi connectivity index (χ2n) is 4.69. The van der Waals surface area contributed by atoms with E-state index in [1.165, 1.54) is 11.1 Å². The van der Waals surface area contributed by atoms with Crippen molar-refractivity contribution in [3.63, 3.8) is 0 Å². The van der Waals surface area contributed by atoms with Crippen LogP contribution in [0.5, 0.6) is 0 Å². The van der Waals surface area contributed by atoms with E-state index in [1.54, 1.807) is 30.1 Å². The summed E-state index contributed by atoms with van der Waals surface area (Å²) in [6, 6.07) is 5.23. The summed E-state index contributed by atoms with van der Waals surface area (Å²) in [6.07, 6.45) is 1.05. The van der Waals surface area contributed by atoms with Gasteiger partial charge >= 0.3 is 5.97 Å². The van der Waals surface area contributed by atoms with Crippen molar-refractivity contribution < 1.29 is 14.7 Å². The molecule has 0 saturated carbocycles. The van der Waals surface area contributed by atoms with Gasteiger partial charge in [0.15, 0.2) is 0 Å². The number of benzene rings is 1. The highest BCUT2D eigenvalue weighted by atomic mass is 35.5. The number of amides is 1. The molecular formula is C13H12ClN3O3. The molecule has 20 heavy (non-hydrogen) atoms. The largest absolute Gasteiger partial charge is 0.477 e. The average Bonchev–Trinajstić information content (AvgIpc) is 2.77. The molecule has 0 bridgehead atoms. The highest BCUT2D eigenvalue weighted by molar-refractivity contribution is 6.31. The molecule has 0 fully saturated rings. The summed E-state index contributed by atoms with van der Waals surface area (Å²) in [5.41, 5.74) is 1.58. The molecule has 0 saturated heterocycles. The standard InChI is InChI=1S/C13H12ClN3O3/c1-16-9-4-7(14)2-3-8(9)12-15-5-10(13(19)20)17(12)6-11(16)18/h2-5,12,15H,6H2,1H3,(H,19,20). The lowest BCUT2D eigenvalue weighted by Gasteiger charge is -2.25. The van der Waals surface area contributed by atoms with Gasteiger partial charge in [-0.3, -0.25) is 4.79 Å². The molecule has 1 unspecified atom stereocenters. The van der Waals surface area contributed by atoms with E-state index in [4.69, 9.17) is 11.6 Å². The minimum Gasteiger partial charge on any atom is -0.477 e. The van der Waals surface area contributed by atoms with Crippen LogP contribution in [0.2, 0.25) is 5.02 Å². The summed E-state index contributed by atoms with van der Waals surface area (Å²) in [4.78, 5) is 26.5. The third kappa shape index (κ3) is 1.80. The number of carboxylic acids is 1. The number of carbonyl (C=O) groups excluding carboxylic acids is 1. The van der Waals surface area contributed by atoms with E-state index in [-0.39, 0.29) is 24.3 Å². The minimum absolute atomic E-state index is 0.00139. The number of carbonyl (C=O) groups is 2. The Morgan fingerprint density at radius 3 is 2.95 bits per heavy atom. The number of likely N-dealkylation sites (N-methyl/N-ethyl adjacent to an activating group) is 1. The van der Waals surface area contributed by atoms with Gasteiger partial charge in [-0.25, -0.2) is 4.79 Å². The summed E-state index contributed by atoms with van der Waals surface area (Å²) in [5.74, 6) is -1.25. The zero-order chi connectivity index (χ0) is 14.4. The van der Waals surface area contributed by atoms with Crippen LogP contribution in [-0.2, 0) is 9.59 Å². The lowest BCUT2D eigenvalue weighted by Crippen LogP contribution is -2.37. The number of nitrogens with one attached hydrogen (secondary N) is 1. The van der Waals surface area contributed by atoms with Crippen LogP contribution in [-0.4, -0.2) is 35.5 Å². The third-order valence-electron chi connectivity index (χ3n) is 3.55. The van der Waals surface area contributed by atoms with Crippen LogP contribution >= 0.6 is 11.6 Å². The monoisotopic (exact) mass is 293 g/mol. The van der Waals surface area contributed by atoms with Crippen molar-refractivity contribution in [3.05, 3.63) is 40.7 Å². The number of carboxylic acid groups (broad SMARTS) is 1. The third-order valence-corrected chi connectivity index (χ3v) is 3.78. The normalized spacial score (nSPS) is 20.8. The second kappa shape index (κ2) is 4.42. The van der Waals surface area contributed by atoms with E-state index >= 15 is 0 Å². The molecule has 1 atom stereocenters. The van der Waals surface area contributed by atoms with Crippen LogP contribution in [0.4, 0.5) is 5.69 Å². The van der Waals surface area contributed by atoms with E-state index < -0.39 is 5.97 Å². The molecular weight excluding hydrogens is 282 g/mol. The number of aliphatic carboxylic acids is 1. The van der Waals surface area contributed by atoms with Gasteiger partial charge in [-0.05, 0) is 12.1 Å². The molecule has 7 heteroatoms. The summed E-state index contributed by atoms with van der Waals surface area (Å²) in [5, 5.41) is 12.7. The van der Waals surface area contributed by atoms with Crippen molar-refractivity contribution >= 4 is 29.2 Å². The number of anilines is 1. The van der Waals surface area contributed by atoms with Gasteiger partial charge in [0.2, 0.25) is 5.91 Å². The predicted molar refractivity (Wildman–Crippen MR) is 73.2 cm³/mol. The fourth-order valence-corrected chi connectivity index (χ4v) is 2.68. The molecule has 0 radical (unpaired) electrons. The topological polar surface area (TPSA) is 72.9 Å². The van der Waals surface area contributed by atoms with E-state index in [0.29, 0.717) is 10.7 Å². The van der Waals surface area contributed by atoms with Gasteiger partial charge in [-0.15, -0.1) is 0 Å². The maximum atomic E-state index is 12.2. The molecule has 0 aliphatic carbocycles. The van der Waals surface area contributed by atoms with Gasteiger partial charge in [0, 0.05) is 23.8 Å². The van der Waals surface area contributed by atoms with E-state index in [9.17, 15) is 14.7 Å². The molecule has 6 nitrogen and oxygen atoms in total. The zero-order valence-electron chi connectivity index (χ0n) is 10.6. The molecule has 0 aromatic heterocycles. The van der Waals surface area contributed by atoms with Gasteiger partial charge in [-0.2, -0.15) is 0 Å². The molecule has 1 aromatic rings. The van der Waals surface area contributed by atoms with E-state index in [2.05, 4.69) is 5.32 Å². The molecule has 2 N–H and O–H groups in total. The number of halogens is 1. The van der Waals surface area contributed by atoms with Crippen LogP contribution in [0.25, 0.3) is 0 Å². The molecule has 2 heterocycles. The highest BCUT2D eigenvalue weighted by Gasteiger charge is 2.37. The molecule has 0 spiro atoms. The maximum Gasteiger partial charge on any atom is 0.353 e. The Balaban J connectivity index is 2.12. The summed E-state index contributed by atoms with van der Waals surface area (Å²) < 4.78 is 0. The van der Waals surface area contributed by atoms with Crippen molar-refractivity contribution in [1.82, 2.24) is 10.2 Å². The van der Waals surface area contributed by atoms with Crippen molar-refractivity contribution in [2.45, 2.75) is 6.17 Å². The highest BCUT2D eigenvalue weighted by Crippen LogP contribution is 2.37. The average molecular weight is 294 g/mol. The van der Waals surface area contributed by atoms with Gasteiger partial charge in [0.25, 0.3) is 0 Å². The first kappa shape index (κ1) is 12.8. The summed E-state index contributed by atoms with van der Waals surface area (Å²) >= 11 is 5.99. The van der Waals surface area contributed by atoms with E-state index in [1.807, 2.05) is 0 Å². The second-order valence-corrected chi connectivity index (χ2v) is 5.12. The van der Waals surface area contributed by atoms with Crippen LogP contribution < -0.4 is 10.2 Å². The molecule has 104 valence electrons. The van der Waals surface area contributed by atoms with Gasteiger partial charge in [0.1, 0.15) is 18.4 Å². The van der Waals surface area contributed by atoms with Crippen molar-refractivity contribution in [3.8, 4) is 0 Å². The minimum atomic E-state index is -1.06. The smallest absolute Gasteiger partial charge is 0.353 e. The number of hydrogen-bond donors (Lipinski definition) is 2. The van der Waals surface area contributed by atoms with Crippen molar-refractivity contribution in [2.24, 2.45) is 0 Å². The Kier molecular flexibility index (Phi) is 2.83. The Labute approximate surface area is 120 Å². The first-order chi connectivity index (χ1) is 9.49. The van der Waals surface area contributed by atoms with Crippen LogP contribution in [0.15, 0.2) is 30.1 Å². The van der Waals surface area contributed by atoms with Crippen LogP contribution in [0.3, 0.4) is 0 Å². The van der Waals surface area contributed by atoms with Crippen molar-refractivity contribution in [1.29, 1.82) is 0 Å². The van der Waals surface area contributed by atoms with E-state index in [0.717, 1.165) is 5.56 Å². The van der Waals surface area contributed by atoms with Gasteiger partial charge in [-0.1, -0.05) is 17.7 Å². The Morgan fingerprint density at radius 2 is 2.25 bits per heavy atom. The lowest BCUT2D eigenvalue weighted by molar-refractivity contribution is -0.134. The van der Waals surface area contributed by atoms with Gasteiger partial charge < -0.3 is 20.2 Å². The van der Waals surface area contributed by atoms with Gasteiger partial charge in [0.05, 0.1) is 5.69 Å². The fraction of sp³-hybridized carbons (Fsp3) is 0.231. The predicted octanol–water partition coefficient (Wildman–Crippen LogP) is 1.15. The zero-order valence-corrected chi connectivity index (χ0v) is 11.4. The number of fused-ring (bicyclic) bond motifs is 3. The first-order valence-electron chi connectivity index (χ1n) is 6.01. The first-order valence-corrected chi connectivity index (χ1v) is 6.39. The Morgan fingerprint density at radius 1 is 1.50 bits per heavy atom. The SMILES string of the molecule is CN1C(=O)CN2C(C(=O)O)=CNC2c2ccc(Cl)cc21. The summed E-state index contributed by atoms with van der Waals surface area (Å²) in [6.45, 7) is -0.00139. The molecule has 1 aromatic carbocycles. The fourth-order valence-electron chi connectivity index (χ4n) is 2.51. The Hall–Kier alpha value is -2.21. The van der Waals surface area contributed by atoms with Crippen LogP contribution in [0, 0.1) is 0 Å².